The van der Waals surface area contributed by atoms with Gasteiger partial charge in [0, 0.05) is 10.5 Å². The molecule has 0 aliphatic heterocycles. The van der Waals surface area contributed by atoms with Crippen LogP contribution in [0.5, 0.6) is 5.75 Å². The van der Waals surface area contributed by atoms with E-state index in [1.165, 1.54) is 0 Å². The third-order valence-corrected chi connectivity index (χ3v) is 3.33. The lowest BCUT2D eigenvalue weighted by molar-refractivity contribution is 0.102. The summed E-state index contributed by atoms with van der Waals surface area (Å²) in [4.78, 5) is 12.8. The van der Waals surface area contributed by atoms with Crippen molar-refractivity contribution in [1.29, 1.82) is 0 Å². The highest BCUT2D eigenvalue weighted by atomic mass is 35.5. The molecule has 0 atom stereocenters. The Kier molecular flexibility index (Phi) is 4.93. The average molecular weight is 308 g/mol. The van der Waals surface area contributed by atoms with Crippen LogP contribution in [0.3, 0.4) is 0 Å². The SMILES string of the molecule is CCOc1ccc(C(=O)Nc2ccccc2S)cc1Cl. The maximum absolute atomic E-state index is 12.1. The summed E-state index contributed by atoms with van der Waals surface area (Å²) in [5.41, 5.74) is 1.13. The van der Waals surface area contributed by atoms with Crippen LogP contribution < -0.4 is 10.1 Å². The first-order chi connectivity index (χ1) is 9.61. The lowest BCUT2D eigenvalue weighted by Crippen LogP contribution is -2.12. The smallest absolute Gasteiger partial charge is 0.255 e. The van der Waals surface area contributed by atoms with Gasteiger partial charge < -0.3 is 10.1 Å². The predicted molar refractivity (Wildman–Crippen MR) is 84.3 cm³/mol. The summed E-state index contributed by atoms with van der Waals surface area (Å²) < 4.78 is 5.33. The van der Waals surface area contributed by atoms with Gasteiger partial charge in [0.2, 0.25) is 0 Å². The molecule has 0 saturated heterocycles. The molecule has 0 bridgehead atoms. The summed E-state index contributed by atoms with van der Waals surface area (Å²) in [6, 6.07) is 12.2. The molecule has 104 valence electrons. The zero-order valence-electron chi connectivity index (χ0n) is 10.9. The summed E-state index contributed by atoms with van der Waals surface area (Å²) >= 11 is 10.4. The first-order valence-electron chi connectivity index (χ1n) is 6.13. The second-order valence-electron chi connectivity index (χ2n) is 4.05. The minimum atomic E-state index is -0.239. The highest BCUT2D eigenvalue weighted by Crippen LogP contribution is 2.26. The summed E-state index contributed by atoms with van der Waals surface area (Å²) in [5.74, 6) is 0.330. The number of benzene rings is 2. The van der Waals surface area contributed by atoms with Crippen molar-refractivity contribution in [3.05, 3.63) is 53.1 Å². The Bertz CT molecular complexity index is 631. The second-order valence-corrected chi connectivity index (χ2v) is 4.94. The van der Waals surface area contributed by atoms with E-state index in [1.54, 1.807) is 24.3 Å². The standard InChI is InChI=1S/C15H14ClNO2S/c1-2-19-13-8-7-10(9-11(13)16)15(18)17-12-5-3-4-6-14(12)20/h3-9,20H,2H2,1H3,(H,17,18). The molecule has 0 saturated carbocycles. The van der Waals surface area contributed by atoms with E-state index in [0.29, 0.717) is 33.5 Å². The number of carbonyl (C=O) groups excluding carboxylic acids is 1. The third-order valence-electron chi connectivity index (χ3n) is 2.65. The number of hydrogen-bond acceptors (Lipinski definition) is 3. The first kappa shape index (κ1) is 14.8. The molecular weight excluding hydrogens is 294 g/mol. The van der Waals surface area contributed by atoms with E-state index in [0.717, 1.165) is 0 Å². The van der Waals surface area contributed by atoms with Crippen LogP contribution >= 0.6 is 24.2 Å². The van der Waals surface area contributed by atoms with Gasteiger partial charge in [-0.3, -0.25) is 4.79 Å². The number of amides is 1. The molecule has 5 heteroatoms. The van der Waals surface area contributed by atoms with E-state index in [2.05, 4.69) is 17.9 Å². The van der Waals surface area contributed by atoms with Gasteiger partial charge in [-0.1, -0.05) is 23.7 Å². The normalized spacial score (nSPS) is 10.2. The van der Waals surface area contributed by atoms with E-state index >= 15 is 0 Å². The number of carbonyl (C=O) groups is 1. The molecule has 20 heavy (non-hydrogen) atoms. The Morgan fingerprint density at radius 3 is 2.70 bits per heavy atom. The quantitative estimate of drug-likeness (QED) is 0.827. The molecule has 1 N–H and O–H groups in total. The molecule has 2 aromatic rings. The fourth-order valence-electron chi connectivity index (χ4n) is 1.69. The molecule has 2 aromatic carbocycles. The van der Waals surface area contributed by atoms with E-state index in [4.69, 9.17) is 16.3 Å². The fourth-order valence-corrected chi connectivity index (χ4v) is 2.14. The van der Waals surface area contributed by atoms with Crippen LogP contribution in [0.2, 0.25) is 5.02 Å². The van der Waals surface area contributed by atoms with E-state index in [9.17, 15) is 4.79 Å². The molecule has 3 nitrogen and oxygen atoms in total. The number of anilines is 1. The Balaban J connectivity index is 2.18. The maximum Gasteiger partial charge on any atom is 0.255 e. The molecule has 0 unspecified atom stereocenters. The third kappa shape index (κ3) is 3.46. The predicted octanol–water partition coefficient (Wildman–Crippen LogP) is 4.28. The zero-order valence-corrected chi connectivity index (χ0v) is 12.5. The van der Waals surface area contributed by atoms with Crippen LogP contribution in [0.4, 0.5) is 5.69 Å². The largest absolute Gasteiger partial charge is 0.492 e. The van der Waals surface area contributed by atoms with Crippen molar-refractivity contribution in [2.75, 3.05) is 11.9 Å². The van der Waals surface area contributed by atoms with E-state index in [-0.39, 0.29) is 5.91 Å². The number of nitrogens with one attached hydrogen (secondary N) is 1. The lowest BCUT2D eigenvalue weighted by Gasteiger charge is -2.09. The highest BCUT2D eigenvalue weighted by molar-refractivity contribution is 7.80. The number of hydrogen-bond donors (Lipinski definition) is 2. The van der Waals surface area contributed by atoms with E-state index in [1.807, 2.05) is 25.1 Å². The molecule has 0 aromatic heterocycles. The molecule has 0 aliphatic carbocycles. The average Bonchev–Trinajstić information content (AvgIpc) is 2.43. The molecule has 0 aliphatic rings. The van der Waals surface area contributed by atoms with Gasteiger partial charge in [0.25, 0.3) is 5.91 Å². The summed E-state index contributed by atoms with van der Waals surface area (Å²) in [7, 11) is 0. The van der Waals surface area contributed by atoms with Crippen molar-refractivity contribution in [3.8, 4) is 5.75 Å². The van der Waals surface area contributed by atoms with Gasteiger partial charge in [-0.05, 0) is 37.3 Å². The Labute approximate surface area is 128 Å². The van der Waals surface area contributed by atoms with Crippen molar-refractivity contribution >= 4 is 35.8 Å². The highest BCUT2D eigenvalue weighted by Gasteiger charge is 2.10. The fraction of sp³-hybridized carbons (Fsp3) is 0.133. The lowest BCUT2D eigenvalue weighted by atomic mass is 10.2. The molecule has 0 radical (unpaired) electrons. The summed E-state index contributed by atoms with van der Waals surface area (Å²) in [6.45, 7) is 2.40. The van der Waals surface area contributed by atoms with Gasteiger partial charge in [-0.15, -0.1) is 12.6 Å². The van der Waals surface area contributed by atoms with Gasteiger partial charge in [-0.2, -0.15) is 0 Å². The Morgan fingerprint density at radius 1 is 1.30 bits per heavy atom. The van der Waals surface area contributed by atoms with Crippen molar-refractivity contribution < 1.29 is 9.53 Å². The number of para-hydroxylation sites is 1. The Morgan fingerprint density at radius 2 is 2.05 bits per heavy atom. The molecule has 1 amide bonds. The molecule has 0 fully saturated rings. The number of ether oxygens (including phenoxy) is 1. The first-order valence-corrected chi connectivity index (χ1v) is 6.96. The molecule has 0 spiro atoms. The second kappa shape index (κ2) is 6.68. The van der Waals surface area contributed by atoms with Crippen LogP contribution in [-0.2, 0) is 0 Å². The molecule has 0 heterocycles. The van der Waals surface area contributed by atoms with Gasteiger partial charge in [0.15, 0.2) is 0 Å². The van der Waals surface area contributed by atoms with Gasteiger partial charge >= 0.3 is 0 Å². The monoisotopic (exact) mass is 307 g/mol. The number of halogens is 1. The van der Waals surface area contributed by atoms with Gasteiger partial charge in [0.1, 0.15) is 5.75 Å². The number of thiol groups is 1. The molecular formula is C15H14ClNO2S. The van der Waals surface area contributed by atoms with Crippen LogP contribution in [0.15, 0.2) is 47.4 Å². The van der Waals surface area contributed by atoms with E-state index < -0.39 is 0 Å². The van der Waals surface area contributed by atoms with Gasteiger partial charge in [0.05, 0.1) is 17.3 Å². The zero-order chi connectivity index (χ0) is 14.5. The van der Waals surface area contributed by atoms with Crippen LogP contribution in [-0.4, -0.2) is 12.5 Å². The molecule has 2 rings (SSSR count). The van der Waals surface area contributed by atoms with Gasteiger partial charge in [-0.25, -0.2) is 0 Å². The van der Waals surface area contributed by atoms with Crippen molar-refractivity contribution in [2.45, 2.75) is 11.8 Å². The van der Waals surface area contributed by atoms with Crippen molar-refractivity contribution in [2.24, 2.45) is 0 Å². The summed E-state index contributed by atoms with van der Waals surface area (Å²) in [5, 5.41) is 3.21. The number of rotatable bonds is 4. The van der Waals surface area contributed by atoms with Crippen molar-refractivity contribution in [3.63, 3.8) is 0 Å². The van der Waals surface area contributed by atoms with Crippen LogP contribution in [0.1, 0.15) is 17.3 Å². The van der Waals surface area contributed by atoms with Crippen LogP contribution in [0, 0.1) is 0 Å². The summed E-state index contributed by atoms with van der Waals surface area (Å²) in [6.07, 6.45) is 0. The van der Waals surface area contributed by atoms with Crippen molar-refractivity contribution in [1.82, 2.24) is 0 Å². The topological polar surface area (TPSA) is 38.3 Å². The maximum atomic E-state index is 12.1. The minimum Gasteiger partial charge on any atom is -0.492 e. The van der Waals surface area contributed by atoms with Crippen LogP contribution in [0.25, 0.3) is 0 Å². The minimum absolute atomic E-state index is 0.239. The Hall–Kier alpha value is -1.65.